The van der Waals surface area contributed by atoms with Gasteiger partial charge in [0, 0.05) is 35.7 Å². The fraction of sp³-hybridized carbons (Fsp3) is 0.344. The second-order valence-corrected chi connectivity index (χ2v) is 12.2. The number of nitrogens with one attached hydrogen (secondary N) is 3. The molecule has 2 atom stereocenters. The Labute approximate surface area is 256 Å². The molecule has 1 aliphatic heterocycles. The molecule has 3 aromatic carbocycles. The molecule has 0 saturated heterocycles. The Balaban J connectivity index is 1.50. The van der Waals surface area contributed by atoms with Crippen LogP contribution in [0.25, 0.3) is 11.1 Å². The van der Waals surface area contributed by atoms with Gasteiger partial charge in [-0.05, 0) is 48.2 Å². The van der Waals surface area contributed by atoms with Crippen LogP contribution in [0.5, 0.6) is 0 Å². The van der Waals surface area contributed by atoms with Crippen molar-refractivity contribution in [2.75, 3.05) is 23.8 Å². The number of rotatable bonds is 12. The number of hydrogen-bond acceptors (Lipinski definition) is 7. The number of β-amino-alcohol motifs (C(OH)–C–C–N with tert-alkyl or cyclic N) is 1. The second-order valence-electron chi connectivity index (χ2n) is 11.2. The maximum atomic E-state index is 13.9. The first kappa shape index (κ1) is 32.0. The number of amides is 4. The Hall–Kier alpha value is -3.90. The van der Waals surface area contributed by atoms with Crippen molar-refractivity contribution in [3.63, 3.8) is 0 Å². The number of nitrogens with zero attached hydrogens (tertiary/aromatic N) is 1. The van der Waals surface area contributed by atoms with Crippen molar-refractivity contribution in [1.82, 2.24) is 16.0 Å². The monoisotopic (exact) mass is 605 g/mol. The summed E-state index contributed by atoms with van der Waals surface area (Å²) in [6.45, 7) is 4.07. The number of urea groups is 1. The molecule has 3 aromatic rings. The highest BCUT2D eigenvalue weighted by Crippen LogP contribution is 2.35. The van der Waals surface area contributed by atoms with Gasteiger partial charge in [0.25, 0.3) is 5.91 Å². The minimum absolute atomic E-state index is 0.0877. The molecule has 1 aliphatic rings. The molecule has 4 rings (SSSR count). The normalized spacial score (nSPS) is 15.8. The number of nitrogens with two attached hydrogens (primary N) is 1. The van der Waals surface area contributed by atoms with E-state index in [1.165, 1.54) is 11.8 Å². The van der Waals surface area contributed by atoms with Crippen molar-refractivity contribution >= 4 is 35.3 Å². The van der Waals surface area contributed by atoms with Crippen molar-refractivity contribution in [2.45, 2.75) is 55.9 Å². The molecule has 0 spiro atoms. The summed E-state index contributed by atoms with van der Waals surface area (Å²) in [5, 5.41) is 27.4. The number of thioether (sulfide) groups is 1. The van der Waals surface area contributed by atoms with E-state index in [0.717, 1.165) is 32.8 Å². The van der Waals surface area contributed by atoms with Crippen LogP contribution in [-0.4, -0.2) is 64.6 Å². The largest absolute Gasteiger partial charge is 0.394 e. The first-order chi connectivity index (χ1) is 20.6. The van der Waals surface area contributed by atoms with Crippen LogP contribution in [0, 0.1) is 0 Å². The number of para-hydroxylation sites is 1. The molecule has 228 valence electrons. The molecular weight excluding hydrogens is 566 g/mol. The van der Waals surface area contributed by atoms with Gasteiger partial charge < -0.3 is 36.8 Å². The molecule has 11 heteroatoms. The highest BCUT2D eigenvalue weighted by Gasteiger charge is 2.33. The summed E-state index contributed by atoms with van der Waals surface area (Å²) in [4.78, 5) is 40.9. The molecule has 0 aliphatic carbocycles. The molecule has 0 unspecified atom stereocenters. The lowest BCUT2D eigenvalue weighted by atomic mass is 9.98. The first-order valence-corrected chi connectivity index (χ1v) is 15.1. The SMILES string of the molecule is CC(C)(CC(=O)N[C@@H]1CSc2ccccc2N(Cc2ccc(-c3ccccc3CNC(N)=O)cc2)C1=O)NC[C@H](O)CO. The average Bonchev–Trinajstić information content (AvgIpc) is 3.11. The third-order valence-electron chi connectivity index (χ3n) is 7.17. The van der Waals surface area contributed by atoms with Gasteiger partial charge in [-0.25, -0.2) is 4.79 Å². The molecule has 4 amide bonds. The van der Waals surface area contributed by atoms with Gasteiger partial charge in [0.2, 0.25) is 5.91 Å². The first-order valence-electron chi connectivity index (χ1n) is 14.1. The van der Waals surface area contributed by atoms with Crippen LogP contribution < -0.4 is 26.6 Å². The molecule has 1 heterocycles. The second kappa shape index (κ2) is 14.5. The summed E-state index contributed by atoms with van der Waals surface area (Å²) < 4.78 is 0. The number of carbonyl (C=O) groups is 3. The minimum Gasteiger partial charge on any atom is -0.394 e. The number of aliphatic hydroxyl groups excluding tert-OH is 2. The van der Waals surface area contributed by atoms with E-state index >= 15 is 0 Å². The molecular formula is C32H39N5O5S. The number of anilines is 1. The number of carbonyl (C=O) groups excluding carboxylic acids is 3. The molecule has 0 aromatic heterocycles. The molecule has 0 bridgehead atoms. The Morgan fingerprint density at radius 2 is 1.77 bits per heavy atom. The van der Waals surface area contributed by atoms with Crippen LogP contribution in [0.2, 0.25) is 0 Å². The van der Waals surface area contributed by atoms with Crippen LogP contribution >= 0.6 is 11.8 Å². The fourth-order valence-electron chi connectivity index (χ4n) is 4.90. The van der Waals surface area contributed by atoms with Crippen molar-refractivity contribution in [3.8, 4) is 11.1 Å². The molecule has 7 N–H and O–H groups in total. The van der Waals surface area contributed by atoms with E-state index in [-0.39, 0.29) is 31.4 Å². The fourth-order valence-corrected chi connectivity index (χ4v) is 5.97. The zero-order valence-electron chi connectivity index (χ0n) is 24.4. The number of primary amides is 1. The van der Waals surface area contributed by atoms with Crippen molar-refractivity contribution < 1.29 is 24.6 Å². The predicted octanol–water partition coefficient (Wildman–Crippen LogP) is 2.76. The quantitative estimate of drug-likeness (QED) is 0.185. The van der Waals surface area contributed by atoms with Gasteiger partial charge in [0.1, 0.15) is 6.04 Å². The van der Waals surface area contributed by atoms with E-state index in [0.29, 0.717) is 18.8 Å². The van der Waals surface area contributed by atoms with E-state index < -0.39 is 23.7 Å². The van der Waals surface area contributed by atoms with E-state index in [9.17, 15) is 19.5 Å². The molecule has 0 saturated carbocycles. The van der Waals surface area contributed by atoms with E-state index in [4.69, 9.17) is 10.8 Å². The topological polar surface area (TPSA) is 157 Å². The van der Waals surface area contributed by atoms with Gasteiger partial charge in [-0.15, -0.1) is 11.8 Å². The Kier molecular flexibility index (Phi) is 10.8. The third kappa shape index (κ3) is 8.80. The van der Waals surface area contributed by atoms with Crippen LogP contribution in [0.1, 0.15) is 31.4 Å². The molecule has 0 radical (unpaired) electrons. The van der Waals surface area contributed by atoms with E-state index in [2.05, 4.69) is 16.0 Å². The molecule has 10 nitrogen and oxygen atoms in total. The lowest BCUT2D eigenvalue weighted by Crippen LogP contribution is -2.52. The number of hydrogen-bond donors (Lipinski definition) is 6. The van der Waals surface area contributed by atoms with E-state index in [1.807, 2.05) is 86.6 Å². The Bertz CT molecular complexity index is 1430. The van der Waals surface area contributed by atoms with Gasteiger partial charge in [-0.1, -0.05) is 60.7 Å². The molecule has 0 fully saturated rings. The zero-order valence-corrected chi connectivity index (χ0v) is 25.2. The number of fused-ring (bicyclic) bond motifs is 1. The summed E-state index contributed by atoms with van der Waals surface area (Å²) in [6.07, 6.45) is -0.832. The minimum atomic E-state index is -0.920. The highest BCUT2D eigenvalue weighted by atomic mass is 32.2. The lowest BCUT2D eigenvalue weighted by Gasteiger charge is -2.29. The van der Waals surface area contributed by atoms with Crippen molar-refractivity contribution in [1.29, 1.82) is 0 Å². The number of benzene rings is 3. The van der Waals surface area contributed by atoms with Crippen LogP contribution in [-0.2, 0) is 22.7 Å². The predicted molar refractivity (Wildman–Crippen MR) is 168 cm³/mol. The average molecular weight is 606 g/mol. The van der Waals surface area contributed by atoms with Crippen LogP contribution in [0.3, 0.4) is 0 Å². The Morgan fingerprint density at radius 3 is 2.49 bits per heavy atom. The van der Waals surface area contributed by atoms with Crippen molar-refractivity contribution in [3.05, 3.63) is 83.9 Å². The molecule has 43 heavy (non-hydrogen) atoms. The van der Waals surface area contributed by atoms with Gasteiger partial charge in [-0.2, -0.15) is 0 Å². The summed E-state index contributed by atoms with van der Waals surface area (Å²) in [7, 11) is 0. The smallest absolute Gasteiger partial charge is 0.312 e. The third-order valence-corrected chi connectivity index (χ3v) is 8.32. The van der Waals surface area contributed by atoms with Gasteiger partial charge >= 0.3 is 6.03 Å². The van der Waals surface area contributed by atoms with Crippen LogP contribution in [0.4, 0.5) is 10.5 Å². The van der Waals surface area contributed by atoms with Gasteiger partial charge in [0.05, 0.1) is 24.9 Å². The summed E-state index contributed by atoms with van der Waals surface area (Å²) in [5.74, 6) is -0.0848. The van der Waals surface area contributed by atoms with E-state index in [1.54, 1.807) is 4.90 Å². The lowest BCUT2D eigenvalue weighted by molar-refractivity contribution is -0.128. The van der Waals surface area contributed by atoms with Gasteiger partial charge in [-0.3, -0.25) is 9.59 Å². The summed E-state index contributed by atoms with van der Waals surface area (Å²) in [6, 6.07) is 22.1. The van der Waals surface area contributed by atoms with Gasteiger partial charge in [0.15, 0.2) is 0 Å². The zero-order chi connectivity index (χ0) is 31.0. The number of aliphatic hydroxyl groups is 2. The highest BCUT2D eigenvalue weighted by molar-refractivity contribution is 7.99. The maximum absolute atomic E-state index is 13.9. The summed E-state index contributed by atoms with van der Waals surface area (Å²) in [5.41, 5.74) is 9.20. The van der Waals surface area contributed by atoms with Crippen LogP contribution in [0.15, 0.2) is 77.7 Å². The standard InChI is InChI=1S/C32H39N5O5S/c1-32(2,35-17-24(39)19-38)15-29(40)36-26-20-43-28-10-6-5-9-27(28)37(30(26)41)18-21-11-13-22(14-12-21)25-8-4-3-7-23(25)16-34-31(33)42/h3-14,24,26,35,38-39H,15-20H2,1-2H3,(H,36,40)(H3,33,34,42)/t24-,26+/m0/s1. The maximum Gasteiger partial charge on any atom is 0.312 e. The Morgan fingerprint density at radius 1 is 1.07 bits per heavy atom. The summed E-state index contributed by atoms with van der Waals surface area (Å²) >= 11 is 1.53. The van der Waals surface area contributed by atoms with Crippen molar-refractivity contribution in [2.24, 2.45) is 5.73 Å².